The Labute approximate surface area is 122 Å². The number of hydrogen-bond donors (Lipinski definition) is 2. The fraction of sp³-hybridized carbons (Fsp3) is 0.167. The highest BCUT2D eigenvalue weighted by Gasteiger charge is 2.17. The van der Waals surface area contributed by atoms with Crippen molar-refractivity contribution in [2.75, 3.05) is 0 Å². The highest BCUT2D eigenvalue weighted by molar-refractivity contribution is 9.10. The molecule has 2 nitrogen and oxygen atoms in total. The topological polar surface area (TPSA) is 38.0 Å². The van der Waals surface area contributed by atoms with Gasteiger partial charge >= 0.3 is 0 Å². The van der Waals surface area contributed by atoms with Crippen LogP contribution in [0.3, 0.4) is 0 Å². The van der Waals surface area contributed by atoms with Crippen molar-refractivity contribution >= 4 is 38.9 Å². The molecule has 0 radical (unpaired) electrons. The average molecular weight is 350 g/mol. The van der Waals surface area contributed by atoms with E-state index < -0.39 is 0 Å². The molecule has 0 aliphatic rings. The van der Waals surface area contributed by atoms with Gasteiger partial charge in [0.15, 0.2) is 0 Å². The fourth-order valence-corrected chi connectivity index (χ4v) is 3.42. The minimum absolute atomic E-state index is 0.280. The highest BCUT2D eigenvalue weighted by atomic mass is 79.9. The lowest BCUT2D eigenvalue weighted by Crippen LogP contribution is -2.30. The molecule has 1 aromatic heterocycles. The normalized spacial score (nSPS) is 12.7. The summed E-state index contributed by atoms with van der Waals surface area (Å²) in [5.41, 5.74) is 3.16. The van der Waals surface area contributed by atoms with Crippen LogP contribution in [0.25, 0.3) is 0 Å². The third kappa shape index (κ3) is 3.10. The molecule has 2 rings (SSSR count). The molecule has 0 spiro atoms. The Kier molecular flexibility index (Phi) is 4.75. The first-order chi connectivity index (χ1) is 8.61. The summed E-state index contributed by atoms with van der Waals surface area (Å²) < 4.78 is 14.8. The van der Waals surface area contributed by atoms with Crippen LogP contribution in [0.5, 0.6) is 0 Å². The maximum Gasteiger partial charge on any atom is 0.129 e. The third-order valence-corrected chi connectivity index (χ3v) is 4.80. The van der Waals surface area contributed by atoms with E-state index in [1.54, 1.807) is 23.5 Å². The summed E-state index contributed by atoms with van der Waals surface area (Å²) >= 11 is 10.8. The van der Waals surface area contributed by atoms with Crippen molar-refractivity contribution < 1.29 is 4.39 Å². The standard InChI is InChI=1S/C12H11BrClFN2S/c13-9-3-4-18-12(9)6-11(17-16)8-2-1-7(14)5-10(8)15/h1-5,11,17H,6,16H2. The largest absolute Gasteiger partial charge is 0.271 e. The van der Waals surface area contributed by atoms with E-state index in [4.69, 9.17) is 17.4 Å². The van der Waals surface area contributed by atoms with Crippen LogP contribution in [0.4, 0.5) is 4.39 Å². The van der Waals surface area contributed by atoms with Gasteiger partial charge in [-0.15, -0.1) is 11.3 Å². The molecule has 0 saturated carbocycles. The predicted molar refractivity (Wildman–Crippen MR) is 77.2 cm³/mol. The van der Waals surface area contributed by atoms with Gasteiger partial charge in [-0.25, -0.2) is 4.39 Å². The molecule has 6 heteroatoms. The Morgan fingerprint density at radius 2 is 2.22 bits per heavy atom. The molecule has 0 bridgehead atoms. The third-order valence-electron chi connectivity index (χ3n) is 2.62. The maximum atomic E-state index is 13.8. The monoisotopic (exact) mass is 348 g/mol. The van der Waals surface area contributed by atoms with E-state index in [0.29, 0.717) is 17.0 Å². The summed E-state index contributed by atoms with van der Waals surface area (Å²) in [5, 5.41) is 2.36. The summed E-state index contributed by atoms with van der Waals surface area (Å²) in [6.07, 6.45) is 0.618. The van der Waals surface area contributed by atoms with Gasteiger partial charge in [0.05, 0.1) is 6.04 Å². The second-order valence-electron chi connectivity index (χ2n) is 3.78. The second kappa shape index (κ2) is 6.12. The molecular formula is C12H11BrClFN2S. The maximum absolute atomic E-state index is 13.8. The Morgan fingerprint density at radius 1 is 1.44 bits per heavy atom. The van der Waals surface area contributed by atoms with Gasteiger partial charge in [-0.05, 0) is 39.5 Å². The van der Waals surface area contributed by atoms with E-state index >= 15 is 0 Å². The van der Waals surface area contributed by atoms with Crippen LogP contribution in [-0.2, 0) is 6.42 Å². The van der Waals surface area contributed by atoms with Crippen molar-refractivity contribution in [3.63, 3.8) is 0 Å². The van der Waals surface area contributed by atoms with E-state index in [9.17, 15) is 4.39 Å². The van der Waals surface area contributed by atoms with E-state index in [0.717, 1.165) is 9.35 Å². The minimum atomic E-state index is -0.349. The van der Waals surface area contributed by atoms with Crippen molar-refractivity contribution in [3.8, 4) is 0 Å². The molecule has 0 amide bonds. The number of benzene rings is 1. The van der Waals surface area contributed by atoms with Crippen LogP contribution < -0.4 is 11.3 Å². The lowest BCUT2D eigenvalue weighted by atomic mass is 10.0. The first-order valence-corrected chi connectivity index (χ1v) is 7.30. The highest BCUT2D eigenvalue weighted by Crippen LogP contribution is 2.29. The van der Waals surface area contributed by atoms with Crippen molar-refractivity contribution in [2.45, 2.75) is 12.5 Å². The van der Waals surface area contributed by atoms with E-state index in [1.165, 1.54) is 6.07 Å². The first kappa shape index (κ1) is 14.0. The van der Waals surface area contributed by atoms with Gasteiger partial charge in [0.2, 0.25) is 0 Å². The number of rotatable bonds is 4. The SMILES string of the molecule is NNC(Cc1sccc1Br)c1ccc(Cl)cc1F. The first-order valence-electron chi connectivity index (χ1n) is 5.24. The van der Waals surface area contributed by atoms with Gasteiger partial charge in [-0.3, -0.25) is 11.3 Å². The molecule has 0 aliphatic carbocycles. The van der Waals surface area contributed by atoms with Crippen LogP contribution in [-0.4, -0.2) is 0 Å². The van der Waals surface area contributed by atoms with Gasteiger partial charge in [-0.1, -0.05) is 17.7 Å². The second-order valence-corrected chi connectivity index (χ2v) is 6.07. The molecule has 96 valence electrons. The van der Waals surface area contributed by atoms with E-state index in [2.05, 4.69) is 21.4 Å². The van der Waals surface area contributed by atoms with Gasteiger partial charge < -0.3 is 0 Å². The number of hydrogen-bond acceptors (Lipinski definition) is 3. The van der Waals surface area contributed by atoms with Gasteiger partial charge in [-0.2, -0.15) is 0 Å². The summed E-state index contributed by atoms with van der Waals surface area (Å²) in [6, 6.07) is 6.30. The van der Waals surface area contributed by atoms with Crippen molar-refractivity contribution in [3.05, 3.63) is 55.4 Å². The average Bonchev–Trinajstić information content (AvgIpc) is 2.73. The van der Waals surface area contributed by atoms with Gasteiger partial charge in [0, 0.05) is 26.4 Å². The molecule has 1 heterocycles. The van der Waals surface area contributed by atoms with Gasteiger partial charge in [0.1, 0.15) is 5.82 Å². The van der Waals surface area contributed by atoms with Crippen LogP contribution in [0.15, 0.2) is 34.1 Å². The molecule has 0 aliphatic heterocycles. The summed E-state index contributed by atoms with van der Waals surface area (Å²) in [5.74, 6) is 5.17. The lowest BCUT2D eigenvalue weighted by molar-refractivity contribution is 0.512. The lowest BCUT2D eigenvalue weighted by Gasteiger charge is -2.16. The Hall–Kier alpha value is -0.460. The van der Waals surface area contributed by atoms with Gasteiger partial charge in [0.25, 0.3) is 0 Å². The molecule has 0 fully saturated rings. The number of nitrogens with one attached hydrogen (secondary N) is 1. The Morgan fingerprint density at radius 3 is 2.78 bits per heavy atom. The molecule has 1 aromatic carbocycles. The number of thiophene rings is 1. The molecule has 0 saturated heterocycles. The number of hydrazine groups is 1. The Balaban J connectivity index is 2.26. The molecule has 2 aromatic rings. The molecule has 1 unspecified atom stereocenters. The van der Waals surface area contributed by atoms with Crippen LogP contribution in [0.1, 0.15) is 16.5 Å². The van der Waals surface area contributed by atoms with Crippen LogP contribution in [0, 0.1) is 5.82 Å². The summed E-state index contributed by atoms with van der Waals surface area (Å²) in [6.45, 7) is 0. The smallest absolute Gasteiger partial charge is 0.129 e. The van der Waals surface area contributed by atoms with Crippen LogP contribution in [0.2, 0.25) is 5.02 Å². The summed E-state index contributed by atoms with van der Waals surface area (Å²) in [7, 11) is 0. The van der Waals surface area contributed by atoms with E-state index in [-0.39, 0.29) is 11.9 Å². The molecule has 1 atom stereocenters. The zero-order chi connectivity index (χ0) is 13.1. The Bertz CT molecular complexity index is 547. The molecule has 18 heavy (non-hydrogen) atoms. The van der Waals surface area contributed by atoms with Crippen molar-refractivity contribution in [2.24, 2.45) is 5.84 Å². The zero-order valence-corrected chi connectivity index (χ0v) is 12.4. The molecule has 3 N–H and O–H groups in total. The minimum Gasteiger partial charge on any atom is -0.271 e. The molecular weight excluding hydrogens is 339 g/mol. The quantitative estimate of drug-likeness (QED) is 0.645. The number of halogens is 3. The summed E-state index contributed by atoms with van der Waals surface area (Å²) in [4.78, 5) is 1.12. The van der Waals surface area contributed by atoms with E-state index in [1.807, 2.05) is 11.4 Å². The van der Waals surface area contributed by atoms with Crippen molar-refractivity contribution in [1.29, 1.82) is 0 Å². The zero-order valence-electron chi connectivity index (χ0n) is 9.29. The van der Waals surface area contributed by atoms with Crippen molar-refractivity contribution in [1.82, 2.24) is 5.43 Å². The predicted octanol–water partition coefficient (Wildman–Crippen LogP) is 4.05. The fourth-order valence-electron chi connectivity index (χ4n) is 1.70. The van der Waals surface area contributed by atoms with Crippen LogP contribution >= 0.6 is 38.9 Å². The number of nitrogens with two attached hydrogens (primary N) is 1.